The van der Waals surface area contributed by atoms with E-state index in [9.17, 15) is 13.2 Å². The van der Waals surface area contributed by atoms with Crippen LogP contribution in [0.5, 0.6) is 0 Å². The summed E-state index contributed by atoms with van der Waals surface area (Å²) in [5, 5.41) is 0. The third-order valence-electron chi connectivity index (χ3n) is 4.13. The molecule has 1 aliphatic rings. The van der Waals surface area contributed by atoms with E-state index in [1.807, 2.05) is 6.92 Å². The van der Waals surface area contributed by atoms with Gasteiger partial charge in [0.1, 0.15) is 0 Å². The number of hydrogen-bond donors (Lipinski definition) is 0. The number of carbonyl (C=O) groups is 1. The molecule has 1 aromatic carbocycles. The average Bonchev–Trinajstić information content (AvgIpc) is 2.50. The summed E-state index contributed by atoms with van der Waals surface area (Å²) in [5.74, 6) is 0.0834. The van der Waals surface area contributed by atoms with Crippen LogP contribution in [0.15, 0.2) is 29.2 Å². The topological polar surface area (TPSA) is 69.7 Å². The molecule has 0 saturated heterocycles. The number of rotatable bonds is 6. The maximum Gasteiger partial charge on any atom is 0.306 e. The van der Waals surface area contributed by atoms with Crippen LogP contribution in [0.3, 0.4) is 0 Å². The minimum absolute atomic E-state index is 0.177. The Hall–Kier alpha value is -1.40. The summed E-state index contributed by atoms with van der Waals surface area (Å²) in [6, 6.07) is 6.65. The van der Waals surface area contributed by atoms with E-state index in [1.54, 1.807) is 31.2 Å². The SMILES string of the molecule is CCOC(=O)CC1CCC(OS(=O)(=O)c2ccc(C)cc2)CC1. The third kappa shape index (κ3) is 5.32. The first-order valence-corrected chi connectivity index (χ1v) is 9.47. The van der Waals surface area contributed by atoms with Crippen LogP contribution in [0, 0.1) is 12.8 Å². The van der Waals surface area contributed by atoms with Crippen LogP contribution in [0.1, 0.15) is 44.6 Å². The zero-order valence-electron chi connectivity index (χ0n) is 13.7. The summed E-state index contributed by atoms with van der Waals surface area (Å²) in [6.07, 6.45) is 2.97. The van der Waals surface area contributed by atoms with Gasteiger partial charge in [0.25, 0.3) is 10.1 Å². The second-order valence-corrected chi connectivity index (χ2v) is 7.59. The van der Waals surface area contributed by atoms with Crippen LogP contribution in [0.2, 0.25) is 0 Å². The zero-order chi connectivity index (χ0) is 16.9. The quantitative estimate of drug-likeness (QED) is 0.587. The molecule has 0 spiro atoms. The highest BCUT2D eigenvalue weighted by atomic mass is 32.2. The van der Waals surface area contributed by atoms with Gasteiger partial charge in [-0.1, -0.05) is 17.7 Å². The molecule has 0 aliphatic heterocycles. The average molecular weight is 340 g/mol. The van der Waals surface area contributed by atoms with Crippen molar-refractivity contribution in [2.45, 2.75) is 57.0 Å². The lowest BCUT2D eigenvalue weighted by Crippen LogP contribution is -2.26. The van der Waals surface area contributed by atoms with Crippen LogP contribution >= 0.6 is 0 Å². The molecule has 6 heteroatoms. The van der Waals surface area contributed by atoms with Crippen molar-refractivity contribution >= 4 is 16.1 Å². The predicted octanol–water partition coefficient (Wildman–Crippen LogP) is 3.21. The van der Waals surface area contributed by atoms with E-state index < -0.39 is 10.1 Å². The first-order valence-electron chi connectivity index (χ1n) is 8.06. The minimum atomic E-state index is -3.72. The lowest BCUT2D eigenvalue weighted by molar-refractivity contribution is -0.144. The number of ether oxygens (including phenoxy) is 1. The monoisotopic (exact) mass is 340 g/mol. The van der Waals surface area contributed by atoms with Gasteiger partial charge in [0.05, 0.1) is 17.6 Å². The molecule has 2 rings (SSSR count). The molecule has 0 radical (unpaired) electrons. The summed E-state index contributed by atoms with van der Waals surface area (Å²) in [5.41, 5.74) is 1.00. The van der Waals surface area contributed by atoms with E-state index in [2.05, 4.69) is 0 Å². The third-order valence-corrected chi connectivity index (χ3v) is 5.50. The highest BCUT2D eigenvalue weighted by molar-refractivity contribution is 7.86. The zero-order valence-corrected chi connectivity index (χ0v) is 14.5. The van der Waals surface area contributed by atoms with Crippen molar-refractivity contribution in [2.24, 2.45) is 5.92 Å². The molecule has 0 aromatic heterocycles. The fourth-order valence-corrected chi connectivity index (χ4v) is 3.96. The molecular formula is C17H24O5S. The lowest BCUT2D eigenvalue weighted by atomic mass is 9.85. The normalized spacial score (nSPS) is 21.8. The van der Waals surface area contributed by atoms with Crippen molar-refractivity contribution in [2.75, 3.05) is 6.61 Å². The summed E-state index contributed by atoms with van der Waals surface area (Å²) < 4.78 is 34.8. The number of carbonyl (C=O) groups excluding carboxylic acids is 1. The van der Waals surface area contributed by atoms with Gasteiger partial charge in [-0.15, -0.1) is 0 Å². The van der Waals surface area contributed by atoms with Crippen LogP contribution in [0.25, 0.3) is 0 Å². The molecule has 0 N–H and O–H groups in total. The smallest absolute Gasteiger partial charge is 0.306 e. The summed E-state index contributed by atoms with van der Waals surface area (Å²) in [4.78, 5) is 11.7. The first kappa shape index (κ1) is 17.9. The summed E-state index contributed by atoms with van der Waals surface area (Å²) in [6.45, 7) is 4.09. The van der Waals surface area contributed by atoms with Gasteiger partial charge >= 0.3 is 5.97 Å². The van der Waals surface area contributed by atoms with Gasteiger partial charge in [0.15, 0.2) is 0 Å². The molecule has 0 atom stereocenters. The fourth-order valence-electron chi connectivity index (χ4n) is 2.83. The van der Waals surface area contributed by atoms with Crippen molar-refractivity contribution < 1.29 is 22.1 Å². The van der Waals surface area contributed by atoms with E-state index in [1.165, 1.54) is 0 Å². The molecule has 5 nitrogen and oxygen atoms in total. The van der Waals surface area contributed by atoms with Gasteiger partial charge in [0.2, 0.25) is 0 Å². The predicted molar refractivity (Wildman–Crippen MR) is 86.4 cm³/mol. The van der Waals surface area contributed by atoms with E-state index in [0.717, 1.165) is 18.4 Å². The molecule has 0 unspecified atom stereocenters. The second-order valence-electron chi connectivity index (χ2n) is 6.02. The molecule has 1 aromatic rings. The Bertz CT molecular complexity index is 613. The van der Waals surface area contributed by atoms with Crippen molar-refractivity contribution in [3.05, 3.63) is 29.8 Å². The number of aryl methyl sites for hydroxylation is 1. The van der Waals surface area contributed by atoms with Crippen molar-refractivity contribution in [1.82, 2.24) is 0 Å². The Balaban J connectivity index is 1.86. The highest BCUT2D eigenvalue weighted by Crippen LogP contribution is 2.30. The summed E-state index contributed by atoms with van der Waals surface area (Å²) in [7, 11) is -3.72. The van der Waals surface area contributed by atoms with Gasteiger partial charge in [-0.3, -0.25) is 8.98 Å². The van der Waals surface area contributed by atoms with Crippen molar-refractivity contribution in [1.29, 1.82) is 0 Å². The van der Waals surface area contributed by atoms with Gasteiger partial charge in [-0.2, -0.15) is 8.42 Å². The standard InChI is InChI=1S/C17H24O5S/c1-3-21-17(18)12-14-6-8-15(9-7-14)22-23(19,20)16-10-4-13(2)5-11-16/h4-5,10-11,14-15H,3,6-9,12H2,1-2H3. The molecule has 1 aliphatic carbocycles. The Labute approximate surface area is 138 Å². The largest absolute Gasteiger partial charge is 0.466 e. The molecule has 0 heterocycles. The number of hydrogen-bond acceptors (Lipinski definition) is 5. The van der Waals surface area contributed by atoms with E-state index in [0.29, 0.717) is 25.9 Å². The van der Waals surface area contributed by atoms with Gasteiger partial charge < -0.3 is 4.74 Å². The van der Waals surface area contributed by atoms with Gasteiger partial charge in [-0.05, 0) is 57.6 Å². The molecule has 0 bridgehead atoms. The van der Waals surface area contributed by atoms with Gasteiger partial charge in [0, 0.05) is 6.42 Å². The van der Waals surface area contributed by atoms with Crippen molar-refractivity contribution in [3.63, 3.8) is 0 Å². The molecular weight excluding hydrogens is 316 g/mol. The van der Waals surface area contributed by atoms with Gasteiger partial charge in [-0.25, -0.2) is 0 Å². The van der Waals surface area contributed by atoms with Crippen LogP contribution in [0.4, 0.5) is 0 Å². The Morgan fingerprint density at radius 1 is 1.13 bits per heavy atom. The fraction of sp³-hybridized carbons (Fsp3) is 0.588. The maximum absolute atomic E-state index is 12.3. The molecule has 1 saturated carbocycles. The van der Waals surface area contributed by atoms with Crippen LogP contribution in [-0.2, 0) is 23.8 Å². The number of esters is 1. The maximum atomic E-state index is 12.3. The lowest BCUT2D eigenvalue weighted by Gasteiger charge is -2.27. The minimum Gasteiger partial charge on any atom is -0.466 e. The van der Waals surface area contributed by atoms with E-state index in [4.69, 9.17) is 8.92 Å². The molecule has 128 valence electrons. The van der Waals surface area contributed by atoms with Crippen LogP contribution in [-0.4, -0.2) is 27.1 Å². The van der Waals surface area contributed by atoms with Crippen molar-refractivity contribution in [3.8, 4) is 0 Å². The molecule has 0 amide bonds. The second kappa shape index (κ2) is 7.93. The Morgan fingerprint density at radius 2 is 1.74 bits per heavy atom. The molecule has 23 heavy (non-hydrogen) atoms. The summed E-state index contributed by atoms with van der Waals surface area (Å²) >= 11 is 0. The van der Waals surface area contributed by atoms with Crippen LogP contribution < -0.4 is 0 Å². The first-order chi connectivity index (χ1) is 10.9. The molecule has 1 fully saturated rings. The van der Waals surface area contributed by atoms with E-state index in [-0.39, 0.29) is 22.9 Å². The highest BCUT2D eigenvalue weighted by Gasteiger charge is 2.28. The number of benzene rings is 1. The Morgan fingerprint density at radius 3 is 2.30 bits per heavy atom. The van der Waals surface area contributed by atoms with E-state index >= 15 is 0 Å². The Kier molecular flexibility index (Phi) is 6.18.